The van der Waals surface area contributed by atoms with Gasteiger partial charge in [0.05, 0.1) is 11.8 Å². The van der Waals surface area contributed by atoms with Crippen molar-refractivity contribution in [2.45, 2.75) is 39.5 Å². The molecule has 128 valence electrons. The van der Waals surface area contributed by atoms with E-state index in [0.717, 1.165) is 18.8 Å². The van der Waals surface area contributed by atoms with E-state index in [9.17, 15) is 9.59 Å². The standard InChI is InChI=1S/C18H28N2O3.2Rb/c1-15(2)8-6-7-12-23-13-11-19-17(21)14-18(22)20-16-9-4-3-5-10-16;;/h3-5,9-10,15H,6-8,11-14H2,1-2H3,(H2,19,20,21,22);;/q;2*+1/p-2. The van der Waals surface area contributed by atoms with Gasteiger partial charge in [-0.15, -0.1) is 12.2 Å². The Kier molecular flexibility index (Phi) is 22.1. The molecular weight excluding hydrogens is 463 g/mol. The number of nitrogens with zero attached hydrogens (tertiary/aromatic N) is 2. The van der Waals surface area contributed by atoms with Gasteiger partial charge in [-0.1, -0.05) is 57.0 Å². The van der Waals surface area contributed by atoms with E-state index in [4.69, 9.17) is 4.74 Å². The molecule has 1 aromatic carbocycles. The summed E-state index contributed by atoms with van der Waals surface area (Å²) < 4.78 is 5.41. The molecule has 0 aliphatic carbocycles. The zero-order valence-electron chi connectivity index (χ0n) is 16.0. The predicted molar refractivity (Wildman–Crippen MR) is 91.8 cm³/mol. The van der Waals surface area contributed by atoms with Crippen molar-refractivity contribution in [1.29, 1.82) is 0 Å². The molecule has 0 atom stereocenters. The van der Waals surface area contributed by atoms with Gasteiger partial charge in [-0.05, 0) is 12.3 Å². The number of hydrogen-bond acceptors (Lipinski definition) is 3. The first-order chi connectivity index (χ1) is 11.1. The third-order valence-corrected chi connectivity index (χ3v) is 3.16. The minimum Gasteiger partial charge on any atom is -0.651 e. The summed E-state index contributed by atoms with van der Waals surface area (Å²) in [7, 11) is 0. The fourth-order valence-corrected chi connectivity index (χ4v) is 1.96. The third-order valence-electron chi connectivity index (χ3n) is 3.16. The van der Waals surface area contributed by atoms with Gasteiger partial charge >= 0.3 is 116 Å². The van der Waals surface area contributed by atoms with Crippen molar-refractivity contribution in [3.8, 4) is 0 Å². The minimum atomic E-state index is -0.473. The summed E-state index contributed by atoms with van der Waals surface area (Å²) in [6.45, 7) is 5.81. The van der Waals surface area contributed by atoms with Gasteiger partial charge in [0.15, 0.2) is 0 Å². The zero-order chi connectivity index (χ0) is 16.9. The van der Waals surface area contributed by atoms with E-state index in [1.54, 1.807) is 24.3 Å². The van der Waals surface area contributed by atoms with Crippen molar-refractivity contribution in [2.75, 3.05) is 19.8 Å². The van der Waals surface area contributed by atoms with Crippen LogP contribution < -0.4 is 116 Å². The van der Waals surface area contributed by atoms with E-state index >= 15 is 0 Å². The summed E-state index contributed by atoms with van der Waals surface area (Å²) in [4.78, 5) is 23.2. The van der Waals surface area contributed by atoms with Crippen LogP contribution >= 0.6 is 0 Å². The van der Waals surface area contributed by atoms with Gasteiger partial charge in [0.25, 0.3) is 0 Å². The molecule has 0 aliphatic heterocycles. The molecule has 0 spiro atoms. The van der Waals surface area contributed by atoms with Gasteiger partial charge in [0.2, 0.25) is 0 Å². The van der Waals surface area contributed by atoms with Crippen molar-refractivity contribution >= 4 is 17.5 Å². The Bertz CT molecular complexity index is 471. The largest absolute Gasteiger partial charge is 1.00 e. The zero-order valence-corrected chi connectivity index (χ0v) is 25.9. The van der Waals surface area contributed by atoms with Crippen LogP contribution in [0.15, 0.2) is 30.3 Å². The van der Waals surface area contributed by atoms with Gasteiger partial charge < -0.3 is 25.0 Å². The van der Waals surface area contributed by atoms with Crippen molar-refractivity contribution in [3.05, 3.63) is 41.0 Å². The molecule has 0 unspecified atom stereocenters. The van der Waals surface area contributed by atoms with Crippen molar-refractivity contribution < 1.29 is 131 Å². The number of hydrogen-bond donors (Lipinski definition) is 0. The Morgan fingerprint density at radius 3 is 2.32 bits per heavy atom. The fourth-order valence-electron chi connectivity index (χ4n) is 1.96. The van der Waals surface area contributed by atoms with Crippen LogP contribution in [0.1, 0.15) is 39.5 Å². The summed E-state index contributed by atoms with van der Waals surface area (Å²) in [5, 5.41) is 7.65. The van der Waals surface area contributed by atoms with Crippen LogP contribution in [0.25, 0.3) is 10.6 Å². The number of para-hydroxylation sites is 1. The molecule has 0 saturated carbocycles. The Hall–Kier alpha value is 1.73. The molecule has 0 aromatic heterocycles. The summed E-state index contributed by atoms with van der Waals surface area (Å²) >= 11 is 0. The monoisotopic (exact) mass is 488 g/mol. The Balaban J connectivity index is 0. The average molecular weight is 489 g/mol. The topological polar surface area (TPSA) is 71.6 Å². The van der Waals surface area contributed by atoms with Crippen LogP contribution in [0.3, 0.4) is 0 Å². The Labute approximate surface area is 249 Å². The average Bonchev–Trinajstić information content (AvgIpc) is 2.50. The van der Waals surface area contributed by atoms with Gasteiger partial charge in [-0.2, -0.15) is 0 Å². The number of benzene rings is 1. The minimum absolute atomic E-state index is 0. The van der Waals surface area contributed by atoms with Gasteiger partial charge in [-0.25, -0.2) is 0 Å². The van der Waals surface area contributed by atoms with E-state index in [1.165, 1.54) is 6.42 Å². The maximum absolute atomic E-state index is 11.6. The second-order valence-corrected chi connectivity index (χ2v) is 5.80. The van der Waals surface area contributed by atoms with Gasteiger partial charge in [-0.3, -0.25) is 0 Å². The summed E-state index contributed by atoms with van der Waals surface area (Å²) in [5.41, 5.74) is 0.551. The van der Waals surface area contributed by atoms with Crippen LogP contribution in [-0.4, -0.2) is 31.6 Å². The maximum Gasteiger partial charge on any atom is 1.00 e. The van der Waals surface area contributed by atoms with Crippen LogP contribution in [0, 0.1) is 5.92 Å². The van der Waals surface area contributed by atoms with Gasteiger partial charge in [0.1, 0.15) is 0 Å². The summed E-state index contributed by atoms with van der Waals surface area (Å²) in [6, 6.07) is 8.85. The summed E-state index contributed by atoms with van der Waals surface area (Å²) in [5.74, 6) is -0.195. The van der Waals surface area contributed by atoms with E-state index < -0.39 is 11.8 Å². The number of carbonyl (C=O) groups excluding carboxylic acids is 2. The van der Waals surface area contributed by atoms with Gasteiger partial charge in [0, 0.05) is 19.6 Å². The molecule has 2 amide bonds. The normalized spacial score (nSPS) is 9.72. The molecule has 1 rings (SSSR count). The Morgan fingerprint density at radius 1 is 1.00 bits per heavy atom. The van der Waals surface area contributed by atoms with Crippen molar-refractivity contribution in [1.82, 2.24) is 0 Å². The molecule has 0 N–H and O–H groups in total. The van der Waals surface area contributed by atoms with Crippen LogP contribution in [0.2, 0.25) is 0 Å². The van der Waals surface area contributed by atoms with E-state index in [1.807, 2.05) is 6.07 Å². The smallest absolute Gasteiger partial charge is 0.651 e. The second-order valence-electron chi connectivity index (χ2n) is 5.80. The molecular formula is C18H26N2O3Rb2. The number of carbonyl (C=O) groups is 2. The predicted octanol–water partition coefficient (Wildman–Crippen LogP) is -1.64. The van der Waals surface area contributed by atoms with E-state index in [0.29, 0.717) is 25.4 Å². The SMILES string of the molecule is CC(C)CCCCOCC[N-]C(=O)CC(=O)[N-]c1ccccc1.[Rb+].[Rb+]. The molecule has 5 nitrogen and oxygen atoms in total. The van der Waals surface area contributed by atoms with E-state index in [-0.39, 0.29) is 123 Å². The molecule has 25 heavy (non-hydrogen) atoms. The quantitative estimate of drug-likeness (QED) is 0.277. The first kappa shape index (κ1) is 28.9. The molecule has 0 heterocycles. The molecule has 0 saturated heterocycles. The fraction of sp³-hybridized carbons (Fsp3) is 0.556. The van der Waals surface area contributed by atoms with Crippen LogP contribution in [-0.2, 0) is 14.3 Å². The molecule has 0 fully saturated rings. The number of rotatable bonds is 11. The van der Waals surface area contributed by atoms with Crippen LogP contribution in [0.5, 0.6) is 0 Å². The number of amides is 2. The molecule has 0 bridgehead atoms. The number of unbranched alkanes of at least 4 members (excludes halogenated alkanes) is 1. The first-order valence-corrected chi connectivity index (χ1v) is 8.15. The summed E-state index contributed by atoms with van der Waals surface area (Å²) in [6.07, 6.45) is 3.10. The van der Waals surface area contributed by atoms with Crippen molar-refractivity contribution in [2.24, 2.45) is 5.92 Å². The Morgan fingerprint density at radius 2 is 1.68 bits per heavy atom. The molecule has 1 aromatic rings. The molecule has 0 radical (unpaired) electrons. The maximum atomic E-state index is 11.6. The number of ether oxygens (including phenoxy) is 1. The second kappa shape index (κ2) is 19.1. The molecule has 0 aliphatic rings. The van der Waals surface area contributed by atoms with Crippen molar-refractivity contribution in [3.63, 3.8) is 0 Å². The first-order valence-electron chi connectivity index (χ1n) is 8.15. The van der Waals surface area contributed by atoms with E-state index in [2.05, 4.69) is 24.5 Å². The molecule has 7 heteroatoms. The van der Waals surface area contributed by atoms with Crippen LogP contribution in [0.4, 0.5) is 5.69 Å². The third kappa shape index (κ3) is 17.6.